The number of amides is 2. The maximum atomic E-state index is 13.4. The van der Waals surface area contributed by atoms with Crippen molar-refractivity contribution in [2.24, 2.45) is 0 Å². The molecule has 0 spiro atoms. The highest BCUT2D eigenvalue weighted by Crippen LogP contribution is 2.35. The number of hydrogen-bond acceptors (Lipinski definition) is 5. The van der Waals surface area contributed by atoms with Gasteiger partial charge in [-0.1, -0.05) is 31.2 Å². The zero-order chi connectivity index (χ0) is 20.4. The van der Waals surface area contributed by atoms with E-state index in [9.17, 15) is 9.59 Å². The van der Waals surface area contributed by atoms with Gasteiger partial charge in [0.15, 0.2) is 0 Å². The lowest BCUT2D eigenvalue weighted by molar-refractivity contribution is -0.121. The van der Waals surface area contributed by atoms with Crippen LogP contribution in [0.15, 0.2) is 54.2 Å². The Kier molecular flexibility index (Phi) is 5.36. The number of morpholine rings is 1. The van der Waals surface area contributed by atoms with Gasteiger partial charge in [-0.25, -0.2) is 4.90 Å². The molecule has 0 aromatic heterocycles. The second kappa shape index (κ2) is 8.09. The zero-order valence-electron chi connectivity index (χ0n) is 16.7. The third-order valence-electron chi connectivity index (χ3n) is 5.37. The number of aryl methyl sites for hydroxylation is 1. The number of nitrogens with zero attached hydrogens (tertiary/aromatic N) is 2. The topological polar surface area (TPSA) is 59.1 Å². The molecule has 4 rings (SSSR count). The van der Waals surface area contributed by atoms with Crippen molar-refractivity contribution in [1.29, 1.82) is 0 Å². The second-order valence-corrected chi connectivity index (χ2v) is 7.02. The fraction of sp³-hybridized carbons (Fsp3) is 0.304. The highest BCUT2D eigenvalue weighted by atomic mass is 16.5. The van der Waals surface area contributed by atoms with Crippen LogP contribution >= 0.6 is 0 Å². The average Bonchev–Trinajstić information content (AvgIpc) is 3.04. The number of imide groups is 1. The van der Waals surface area contributed by atoms with Crippen molar-refractivity contribution in [2.45, 2.75) is 13.3 Å². The lowest BCUT2D eigenvalue weighted by atomic mass is 10.0. The van der Waals surface area contributed by atoms with Crippen LogP contribution in [0, 0.1) is 0 Å². The zero-order valence-corrected chi connectivity index (χ0v) is 16.7. The minimum absolute atomic E-state index is 0.285. The smallest absolute Gasteiger partial charge is 0.282 e. The number of anilines is 1. The van der Waals surface area contributed by atoms with E-state index in [2.05, 4.69) is 6.92 Å². The first-order valence-corrected chi connectivity index (χ1v) is 9.83. The molecule has 29 heavy (non-hydrogen) atoms. The lowest BCUT2D eigenvalue weighted by Crippen LogP contribution is -2.40. The molecule has 1 saturated heterocycles. The van der Waals surface area contributed by atoms with Gasteiger partial charge >= 0.3 is 0 Å². The minimum Gasteiger partial charge on any atom is -0.497 e. The Morgan fingerprint density at radius 1 is 0.931 bits per heavy atom. The van der Waals surface area contributed by atoms with Crippen molar-refractivity contribution in [3.05, 3.63) is 65.4 Å². The van der Waals surface area contributed by atoms with Crippen LogP contribution in [0.5, 0.6) is 5.75 Å². The summed E-state index contributed by atoms with van der Waals surface area (Å²) >= 11 is 0. The fourth-order valence-corrected chi connectivity index (χ4v) is 3.73. The number of methoxy groups -OCH3 is 1. The molecule has 0 unspecified atom stereocenters. The Morgan fingerprint density at radius 3 is 2.17 bits per heavy atom. The van der Waals surface area contributed by atoms with Gasteiger partial charge in [0.1, 0.15) is 11.4 Å². The number of carbonyl (C=O) groups excluding carboxylic acids is 2. The summed E-state index contributed by atoms with van der Waals surface area (Å²) < 4.78 is 10.7. The van der Waals surface area contributed by atoms with Crippen LogP contribution in [-0.2, 0) is 20.7 Å². The van der Waals surface area contributed by atoms with Crippen molar-refractivity contribution in [3.63, 3.8) is 0 Å². The van der Waals surface area contributed by atoms with E-state index in [1.165, 1.54) is 4.90 Å². The molecule has 2 amide bonds. The summed E-state index contributed by atoms with van der Waals surface area (Å²) in [6.45, 7) is 4.30. The number of benzene rings is 2. The third-order valence-corrected chi connectivity index (χ3v) is 5.37. The maximum absolute atomic E-state index is 13.4. The van der Waals surface area contributed by atoms with E-state index >= 15 is 0 Å². The van der Waals surface area contributed by atoms with Gasteiger partial charge in [0.2, 0.25) is 0 Å². The monoisotopic (exact) mass is 392 g/mol. The summed E-state index contributed by atoms with van der Waals surface area (Å²) in [7, 11) is 1.60. The maximum Gasteiger partial charge on any atom is 0.282 e. The van der Waals surface area contributed by atoms with Gasteiger partial charge in [-0.2, -0.15) is 0 Å². The molecular formula is C23H24N2O4. The molecule has 2 aliphatic heterocycles. The van der Waals surface area contributed by atoms with Crippen molar-refractivity contribution in [3.8, 4) is 5.75 Å². The van der Waals surface area contributed by atoms with E-state index in [-0.39, 0.29) is 11.8 Å². The molecule has 0 atom stereocenters. The average molecular weight is 392 g/mol. The Morgan fingerprint density at radius 2 is 1.59 bits per heavy atom. The SMILES string of the molecule is CCc1ccc(N2C(=O)C(c3ccc(OC)cc3)=C(N3CCOCC3)C2=O)cc1. The van der Waals surface area contributed by atoms with E-state index in [4.69, 9.17) is 9.47 Å². The number of carbonyl (C=O) groups is 2. The van der Waals surface area contributed by atoms with Crippen LogP contribution in [-0.4, -0.2) is 50.1 Å². The molecule has 0 radical (unpaired) electrons. The number of rotatable bonds is 5. The highest BCUT2D eigenvalue weighted by molar-refractivity contribution is 6.45. The summed E-state index contributed by atoms with van der Waals surface area (Å²) in [6.07, 6.45) is 0.899. The van der Waals surface area contributed by atoms with Crippen LogP contribution in [0.25, 0.3) is 5.57 Å². The van der Waals surface area contributed by atoms with Crippen molar-refractivity contribution >= 4 is 23.1 Å². The van der Waals surface area contributed by atoms with Crippen LogP contribution in [0.2, 0.25) is 0 Å². The second-order valence-electron chi connectivity index (χ2n) is 7.02. The summed E-state index contributed by atoms with van der Waals surface area (Å²) in [5, 5.41) is 0. The van der Waals surface area contributed by atoms with Crippen molar-refractivity contribution < 1.29 is 19.1 Å². The van der Waals surface area contributed by atoms with Gasteiger partial charge in [-0.3, -0.25) is 9.59 Å². The van der Waals surface area contributed by atoms with Gasteiger partial charge in [0.25, 0.3) is 11.8 Å². The van der Waals surface area contributed by atoms with Crippen molar-refractivity contribution in [1.82, 2.24) is 4.90 Å². The minimum atomic E-state index is -0.300. The van der Waals surface area contributed by atoms with Gasteiger partial charge in [-0.05, 0) is 41.8 Å². The Hall–Kier alpha value is -3.12. The standard InChI is InChI=1S/C23H24N2O4/c1-3-16-4-8-18(9-5-16)25-22(26)20(17-6-10-19(28-2)11-7-17)21(23(25)27)24-12-14-29-15-13-24/h4-11H,3,12-15H2,1-2H3. The summed E-state index contributed by atoms with van der Waals surface area (Å²) in [6, 6.07) is 14.8. The van der Waals surface area contributed by atoms with Crippen LogP contribution in [0.1, 0.15) is 18.1 Å². The summed E-state index contributed by atoms with van der Waals surface area (Å²) in [5.74, 6) is 0.115. The molecule has 2 aromatic rings. The molecule has 150 valence electrons. The quantitative estimate of drug-likeness (QED) is 0.733. The lowest BCUT2D eigenvalue weighted by Gasteiger charge is -2.29. The molecule has 0 N–H and O–H groups in total. The molecule has 6 heteroatoms. The van der Waals surface area contributed by atoms with Crippen LogP contribution in [0.4, 0.5) is 5.69 Å². The van der Waals surface area contributed by atoms with Gasteiger partial charge in [-0.15, -0.1) is 0 Å². The number of ether oxygens (including phenoxy) is 2. The van der Waals surface area contributed by atoms with Crippen LogP contribution < -0.4 is 9.64 Å². The predicted molar refractivity (Wildman–Crippen MR) is 111 cm³/mol. The number of hydrogen-bond donors (Lipinski definition) is 0. The molecule has 2 heterocycles. The normalized spacial score (nSPS) is 17.3. The Labute approximate surface area is 170 Å². The van der Waals surface area contributed by atoms with E-state index in [1.54, 1.807) is 19.2 Å². The Balaban J connectivity index is 1.78. The molecule has 1 fully saturated rings. The van der Waals surface area contributed by atoms with Gasteiger partial charge in [0.05, 0.1) is 31.6 Å². The van der Waals surface area contributed by atoms with E-state index < -0.39 is 0 Å². The first-order valence-electron chi connectivity index (χ1n) is 9.83. The summed E-state index contributed by atoms with van der Waals surface area (Å²) in [4.78, 5) is 30.1. The van der Waals surface area contributed by atoms with Gasteiger partial charge < -0.3 is 14.4 Å². The molecule has 0 saturated carbocycles. The van der Waals surface area contributed by atoms with E-state index in [0.29, 0.717) is 54.6 Å². The largest absolute Gasteiger partial charge is 0.497 e. The molecule has 0 aliphatic carbocycles. The van der Waals surface area contributed by atoms with E-state index in [0.717, 1.165) is 12.0 Å². The third kappa shape index (κ3) is 3.51. The fourth-order valence-electron chi connectivity index (χ4n) is 3.73. The molecule has 0 bridgehead atoms. The molecule has 6 nitrogen and oxygen atoms in total. The van der Waals surface area contributed by atoms with Crippen LogP contribution in [0.3, 0.4) is 0 Å². The molecule has 2 aliphatic rings. The molecule has 2 aromatic carbocycles. The first kappa shape index (κ1) is 19.2. The van der Waals surface area contributed by atoms with Crippen molar-refractivity contribution in [2.75, 3.05) is 38.3 Å². The Bertz CT molecular complexity index is 942. The molecular weight excluding hydrogens is 368 g/mol. The van der Waals surface area contributed by atoms with E-state index in [1.807, 2.05) is 41.3 Å². The highest BCUT2D eigenvalue weighted by Gasteiger charge is 2.42. The summed E-state index contributed by atoms with van der Waals surface area (Å²) in [5.41, 5.74) is 3.33. The van der Waals surface area contributed by atoms with Gasteiger partial charge in [0, 0.05) is 13.1 Å². The first-order chi connectivity index (χ1) is 14.1. The predicted octanol–water partition coefficient (Wildman–Crippen LogP) is 2.87.